The molecule has 0 saturated carbocycles. The molecular formula is C13H26O. The number of rotatable bonds is 7. The monoisotopic (exact) mass is 198 g/mol. The first kappa shape index (κ1) is 13.7. The van der Waals surface area contributed by atoms with Gasteiger partial charge in [-0.05, 0) is 25.2 Å². The SMILES string of the molecule is CC(C)CCC[C@@H](C)C/C=C/[C@H](C)O. The molecule has 0 aliphatic carbocycles. The molecule has 1 N–H and O–H groups in total. The molecule has 0 aromatic carbocycles. The summed E-state index contributed by atoms with van der Waals surface area (Å²) >= 11 is 0. The van der Waals surface area contributed by atoms with Gasteiger partial charge in [-0.15, -0.1) is 0 Å². The average Bonchev–Trinajstić information content (AvgIpc) is 2.02. The lowest BCUT2D eigenvalue weighted by molar-refractivity contribution is 0.243. The third kappa shape index (κ3) is 9.79. The summed E-state index contributed by atoms with van der Waals surface area (Å²) in [7, 11) is 0. The topological polar surface area (TPSA) is 20.2 Å². The molecule has 14 heavy (non-hydrogen) atoms. The number of aliphatic hydroxyl groups is 1. The van der Waals surface area contributed by atoms with Crippen LogP contribution in [0.1, 0.15) is 53.4 Å². The molecule has 0 heterocycles. The second kappa shape index (κ2) is 8.05. The van der Waals surface area contributed by atoms with Crippen LogP contribution in [0.2, 0.25) is 0 Å². The van der Waals surface area contributed by atoms with E-state index < -0.39 is 0 Å². The van der Waals surface area contributed by atoms with Gasteiger partial charge in [0.15, 0.2) is 0 Å². The Morgan fingerprint density at radius 2 is 1.71 bits per heavy atom. The summed E-state index contributed by atoms with van der Waals surface area (Å²) in [5.74, 6) is 1.58. The van der Waals surface area contributed by atoms with Crippen LogP contribution in [0.25, 0.3) is 0 Å². The largest absolute Gasteiger partial charge is 0.389 e. The zero-order valence-corrected chi connectivity index (χ0v) is 10.2. The predicted molar refractivity (Wildman–Crippen MR) is 63.3 cm³/mol. The van der Waals surface area contributed by atoms with Crippen LogP contribution in [0.15, 0.2) is 12.2 Å². The molecule has 0 aromatic rings. The highest BCUT2D eigenvalue weighted by Gasteiger charge is 2.01. The Labute approximate surface area is 89.2 Å². The molecule has 0 radical (unpaired) electrons. The Balaban J connectivity index is 3.41. The highest BCUT2D eigenvalue weighted by molar-refractivity contribution is 4.87. The summed E-state index contributed by atoms with van der Waals surface area (Å²) < 4.78 is 0. The molecule has 1 heteroatoms. The minimum absolute atomic E-state index is 0.294. The fourth-order valence-corrected chi connectivity index (χ4v) is 1.50. The molecule has 0 saturated heterocycles. The minimum atomic E-state index is -0.294. The van der Waals surface area contributed by atoms with Crippen LogP contribution in [0.4, 0.5) is 0 Å². The van der Waals surface area contributed by atoms with Crippen molar-refractivity contribution in [2.24, 2.45) is 11.8 Å². The van der Waals surface area contributed by atoms with Gasteiger partial charge in [0.2, 0.25) is 0 Å². The molecule has 0 aliphatic rings. The molecule has 84 valence electrons. The Morgan fingerprint density at radius 3 is 2.21 bits per heavy atom. The first-order chi connectivity index (χ1) is 6.52. The average molecular weight is 198 g/mol. The van der Waals surface area contributed by atoms with Gasteiger partial charge in [0.1, 0.15) is 0 Å². The second-order valence-electron chi connectivity index (χ2n) is 4.83. The van der Waals surface area contributed by atoms with Crippen molar-refractivity contribution in [3.63, 3.8) is 0 Å². The molecular weight excluding hydrogens is 172 g/mol. The molecule has 0 rings (SSSR count). The predicted octanol–water partition coefficient (Wildman–Crippen LogP) is 3.78. The van der Waals surface area contributed by atoms with Gasteiger partial charge in [0.05, 0.1) is 6.10 Å². The maximum Gasteiger partial charge on any atom is 0.0692 e. The molecule has 0 amide bonds. The molecule has 0 bridgehead atoms. The van der Waals surface area contributed by atoms with Crippen LogP contribution in [0.3, 0.4) is 0 Å². The molecule has 0 spiro atoms. The molecule has 1 nitrogen and oxygen atoms in total. The fourth-order valence-electron chi connectivity index (χ4n) is 1.50. The zero-order chi connectivity index (χ0) is 11.0. The van der Waals surface area contributed by atoms with E-state index in [1.165, 1.54) is 19.3 Å². The highest BCUT2D eigenvalue weighted by atomic mass is 16.3. The lowest BCUT2D eigenvalue weighted by Gasteiger charge is -2.09. The number of hydrogen-bond donors (Lipinski definition) is 1. The number of hydrogen-bond acceptors (Lipinski definition) is 1. The Morgan fingerprint density at radius 1 is 1.07 bits per heavy atom. The number of aliphatic hydroxyl groups excluding tert-OH is 1. The van der Waals surface area contributed by atoms with Crippen molar-refractivity contribution in [2.45, 2.75) is 59.5 Å². The van der Waals surface area contributed by atoms with Crippen molar-refractivity contribution in [3.05, 3.63) is 12.2 Å². The van der Waals surface area contributed by atoms with E-state index in [1.807, 2.05) is 6.08 Å². The summed E-state index contributed by atoms with van der Waals surface area (Å²) in [6.07, 6.45) is 8.76. The van der Waals surface area contributed by atoms with Crippen LogP contribution in [-0.4, -0.2) is 11.2 Å². The summed E-state index contributed by atoms with van der Waals surface area (Å²) in [6.45, 7) is 8.63. The fraction of sp³-hybridized carbons (Fsp3) is 0.846. The standard InChI is InChI=1S/C13H26O/c1-11(2)7-5-8-12(3)9-6-10-13(4)14/h6,10-14H,5,7-9H2,1-4H3/b10-6+/t12-,13+/m1/s1. The number of allylic oxidation sites excluding steroid dienone is 1. The second-order valence-corrected chi connectivity index (χ2v) is 4.83. The van der Waals surface area contributed by atoms with E-state index in [9.17, 15) is 0 Å². The van der Waals surface area contributed by atoms with Crippen molar-refractivity contribution in [2.75, 3.05) is 0 Å². The van der Waals surface area contributed by atoms with Gasteiger partial charge in [-0.2, -0.15) is 0 Å². The van der Waals surface area contributed by atoms with E-state index in [0.717, 1.165) is 18.3 Å². The maximum absolute atomic E-state index is 9.03. The van der Waals surface area contributed by atoms with E-state index in [0.29, 0.717) is 0 Å². The van der Waals surface area contributed by atoms with Crippen LogP contribution in [-0.2, 0) is 0 Å². The summed E-state index contributed by atoms with van der Waals surface area (Å²) in [5.41, 5.74) is 0. The molecule has 0 aliphatic heterocycles. The summed E-state index contributed by atoms with van der Waals surface area (Å²) in [6, 6.07) is 0. The molecule has 2 atom stereocenters. The first-order valence-electron chi connectivity index (χ1n) is 5.87. The normalized spacial score (nSPS) is 16.4. The lowest BCUT2D eigenvalue weighted by Crippen LogP contribution is -1.97. The van der Waals surface area contributed by atoms with E-state index in [1.54, 1.807) is 6.92 Å². The van der Waals surface area contributed by atoms with E-state index in [-0.39, 0.29) is 6.10 Å². The van der Waals surface area contributed by atoms with E-state index in [4.69, 9.17) is 5.11 Å². The van der Waals surface area contributed by atoms with Gasteiger partial charge in [0, 0.05) is 0 Å². The van der Waals surface area contributed by atoms with Crippen molar-refractivity contribution >= 4 is 0 Å². The molecule has 0 aromatic heterocycles. The maximum atomic E-state index is 9.03. The zero-order valence-electron chi connectivity index (χ0n) is 10.2. The lowest BCUT2D eigenvalue weighted by atomic mass is 9.97. The van der Waals surface area contributed by atoms with E-state index >= 15 is 0 Å². The van der Waals surface area contributed by atoms with Crippen LogP contribution in [0, 0.1) is 11.8 Å². The minimum Gasteiger partial charge on any atom is -0.389 e. The first-order valence-corrected chi connectivity index (χ1v) is 5.87. The van der Waals surface area contributed by atoms with Crippen LogP contribution in [0.5, 0.6) is 0 Å². The van der Waals surface area contributed by atoms with Gasteiger partial charge in [-0.25, -0.2) is 0 Å². The van der Waals surface area contributed by atoms with Crippen molar-refractivity contribution in [1.82, 2.24) is 0 Å². The van der Waals surface area contributed by atoms with Gasteiger partial charge >= 0.3 is 0 Å². The van der Waals surface area contributed by atoms with Crippen LogP contribution < -0.4 is 0 Å². The molecule has 0 unspecified atom stereocenters. The van der Waals surface area contributed by atoms with Gasteiger partial charge in [-0.1, -0.05) is 52.2 Å². The Kier molecular flexibility index (Phi) is 7.87. The van der Waals surface area contributed by atoms with Gasteiger partial charge in [0.25, 0.3) is 0 Å². The van der Waals surface area contributed by atoms with Crippen molar-refractivity contribution in [1.29, 1.82) is 0 Å². The quantitative estimate of drug-likeness (QED) is 0.617. The third-order valence-corrected chi connectivity index (χ3v) is 2.43. The third-order valence-electron chi connectivity index (χ3n) is 2.43. The Hall–Kier alpha value is -0.300. The van der Waals surface area contributed by atoms with E-state index in [2.05, 4.69) is 26.8 Å². The molecule has 0 fully saturated rings. The van der Waals surface area contributed by atoms with Crippen LogP contribution >= 0.6 is 0 Å². The van der Waals surface area contributed by atoms with Gasteiger partial charge < -0.3 is 5.11 Å². The van der Waals surface area contributed by atoms with Gasteiger partial charge in [-0.3, -0.25) is 0 Å². The van der Waals surface area contributed by atoms with Crippen molar-refractivity contribution < 1.29 is 5.11 Å². The highest BCUT2D eigenvalue weighted by Crippen LogP contribution is 2.15. The summed E-state index contributed by atoms with van der Waals surface area (Å²) in [5, 5.41) is 9.03. The smallest absolute Gasteiger partial charge is 0.0692 e. The summed E-state index contributed by atoms with van der Waals surface area (Å²) in [4.78, 5) is 0. The van der Waals surface area contributed by atoms with Crippen molar-refractivity contribution in [3.8, 4) is 0 Å². The Bertz CT molecular complexity index is 147.